The quantitative estimate of drug-likeness (QED) is 0.289. The van der Waals surface area contributed by atoms with Crippen molar-refractivity contribution in [3.8, 4) is 5.75 Å². The molecule has 3 aromatic carbocycles. The first-order chi connectivity index (χ1) is 21.0. The van der Waals surface area contributed by atoms with Crippen LogP contribution in [0.4, 0.5) is 11.4 Å². The van der Waals surface area contributed by atoms with Crippen molar-refractivity contribution in [1.82, 2.24) is 4.57 Å². The number of thiazole rings is 1. The smallest absolute Gasteiger partial charge is 0.308 e. The van der Waals surface area contributed by atoms with Crippen molar-refractivity contribution in [3.63, 3.8) is 0 Å². The van der Waals surface area contributed by atoms with E-state index in [0.29, 0.717) is 32.6 Å². The number of nitrogens with one attached hydrogen (secondary N) is 1. The van der Waals surface area contributed by atoms with Gasteiger partial charge in [-0.1, -0.05) is 59.0 Å². The first-order valence-electron chi connectivity index (χ1n) is 13.4. The van der Waals surface area contributed by atoms with Crippen LogP contribution < -0.4 is 25.0 Å². The molecule has 0 bridgehead atoms. The number of nitrogens with two attached hydrogens (primary N) is 1. The van der Waals surface area contributed by atoms with Gasteiger partial charge in [-0.3, -0.25) is 23.7 Å². The van der Waals surface area contributed by atoms with E-state index >= 15 is 0 Å². The number of benzene rings is 3. The summed E-state index contributed by atoms with van der Waals surface area (Å²) in [6, 6.07) is 19.6. The highest BCUT2D eigenvalue weighted by atomic mass is 32.2. The number of para-hydroxylation sites is 1. The van der Waals surface area contributed by atoms with E-state index in [1.807, 2.05) is 31.2 Å². The number of hydrogen-bond acceptors (Lipinski definition) is 9. The number of aromatic nitrogens is 1. The molecule has 4 aromatic rings. The molecule has 0 saturated carbocycles. The predicted molar refractivity (Wildman–Crippen MR) is 167 cm³/mol. The zero-order valence-corrected chi connectivity index (χ0v) is 25.9. The second kappa shape index (κ2) is 11.4. The second-order valence-corrected chi connectivity index (χ2v) is 14.1. The van der Waals surface area contributed by atoms with Gasteiger partial charge < -0.3 is 10.1 Å². The number of nitrogens with zero attached hydrogens (tertiary/aromatic N) is 2. The Morgan fingerprint density at radius 2 is 1.66 bits per heavy atom. The fraction of sp³-hybridized carbons (Fsp3) is 0.200. The highest BCUT2D eigenvalue weighted by Crippen LogP contribution is 2.55. The number of sulfonamides is 1. The average molecular weight is 651 g/mol. The first-order valence-corrected chi connectivity index (χ1v) is 16.6. The Morgan fingerprint density at radius 1 is 0.977 bits per heavy atom. The van der Waals surface area contributed by atoms with Crippen LogP contribution in [-0.2, 0) is 31.0 Å². The van der Waals surface area contributed by atoms with E-state index in [1.165, 1.54) is 40.8 Å². The topological polar surface area (TPSA) is 158 Å². The fourth-order valence-corrected chi connectivity index (χ4v) is 8.81. The zero-order chi connectivity index (χ0) is 31.3. The number of primary sulfonamides is 1. The molecule has 226 valence electrons. The van der Waals surface area contributed by atoms with Crippen LogP contribution in [0.15, 0.2) is 87.5 Å². The average Bonchev–Trinajstić information content (AvgIpc) is 3.43. The van der Waals surface area contributed by atoms with Crippen molar-refractivity contribution >= 4 is 62.2 Å². The minimum absolute atomic E-state index is 0.109. The van der Waals surface area contributed by atoms with Gasteiger partial charge in [0, 0.05) is 22.0 Å². The Bertz CT molecular complexity index is 1970. The molecule has 0 spiro atoms. The van der Waals surface area contributed by atoms with Gasteiger partial charge in [-0.15, -0.1) is 0 Å². The number of anilines is 2. The van der Waals surface area contributed by atoms with Gasteiger partial charge in [0.05, 0.1) is 28.6 Å². The number of methoxy groups -OCH3 is 1. The molecule has 3 atom stereocenters. The number of rotatable bonds is 7. The van der Waals surface area contributed by atoms with Crippen molar-refractivity contribution in [3.05, 3.63) is 98.5 Å². The lowest BCUT2D eigenvalue weighted by Crippen LogP contribution is -2.33. The van der Waals surface area contributed by atoms with E-state index in [4.69, 9.17) is 9.88 Å². The molecule has 14 heteroatoms. The van der Waals surface area contributed by atoms with Gasteiger partial charge in [-0.25, -0.2) is 18.5 Å². The Kier molecular flexibility index (Phi) is 7.70. The van der Waals surface area contributed by atoms with Gasteiger partial charge in [0.25, 0.3) is 0 Å². The largest absolute Gasteiger partial charge is 0.496 e. The van der Waals surface area contributed by atoms with Gasteiger partial charge in [0.1, 0.15) is 17.5 Å². The molecule has 0 aliphatic carbocycles. The number of aryl methyl sites for hydroxylation is 1. The molecule has 3 amide bonds. The summed E-state index contributed by atoms with van der Waals surface area (Å²) in [6.45, 7) is 1.55. The Morgan fingerprint density at radius 3 is 2.32 bits per heavy atom. The zero-order valence-electron chi connectivity index (χ0n) is 23.4. The third-order valence-electron chi connectivity index (χ3n) is 7.58. The molecule has 0 radical (unpaired) electrons. The van der Waals surface area contributed by atoms with Crippen molar-refractivity contribution < 1.29 is 27.5 Å². The van der Waals surface area contributed by atoms with Gasteiger partial charge in [-0.2, -0.15) is 0 Å². The third kappa shape index (κ3) is 5.23. The summed E-state index contributed by atoms with van der Waals surface area (Å²) in [4.78, 5) is 55.7. The maximum atomic E-state index is 14.0. The summed E-state index contributed by atoms with van der Waals surface area (Å²) in [5.41, 5.74) is 2.42. The Labute approximate surface area is 260 Å². The molecule has 1 saturated heterocycles. The molecule has 3 heterocycles. The molecular formula is C30H26N4O7S3. The van der Waals surface area contributed by atoms with E-state index in [-0.39, 0.29) is 17.3 Å². The lowest BCUT2D eigenvalue weighted by atomic mass is 9.82. The molecule has 11 nitrogen and oxygen atoms in total. The standard InChI is InChI=1S/C30H26N4O7S3/c1-16-7-11-18(12-8-16)34-27(36)24-23(20-5-3-4-6-21(20)41-2)26-29(42-25(24)28(34)37)33(30(38)43-26)15-22(35)32-17-9-13-19(14-10-17)44(31,39)40/h3-14,23-25H,15H2,1-2H3,(H,32,35)(H2,31,39,40)/t23-,24?,25?/m1/s1. The van der Waals surface area contributed by atoms with Gasteiger partial charge >= 0.3 is 4.87 Å². The molecule has 6 rings (SSSR count). The van der Waals surface area contributed by atoms with Crippen LogP contribution in [0.2, 0.25) is 0 Å². The van der Waals surface area contributed by atoms with Crippen LogP contribution in [0.5, 0.6) is 5.75 Å². The number of carbonyl (C=O) groups is 3. The molecule has 2 unspecified atom stereocenters. The minimum Gasteiger partial charge on any atom is -0.496 e. The van der Waals surface area contributed by atoms with E-state index in [1.54, 1.807) is 24.3 Å². The summed E-state index contributed by atoms with van der Waals surface area (Å²) in [5, 5.41) is 7.39. The molecule has 44 heavy (non-hydrogen) atoms. The maximum Gasteiger partial charge on any atom is 0.308 e. The molecule has 3 N–H and O–H groups in total. The van der Waals surface area contributed by atoms with Crippen molar-refractivity contribution in [2.24, 2.45) is 11.1 Å². The predicted octanol–water partition coefficient (Wildman–Crippen LogP) is 3.31. The number of imide groups is 1. The lowest BCUT2D eigenvalue weighted by molar-refractivity contribution is -0.122. The molecular weight excluding hydrogens is 625 g/mol. The van der Waals surface area contributed by atoms with Gasteiger partial charge in [0.15, 0.2) is 0 Å². The maximum absolute atomic E-state index is 14.0. The fourth-order valence-electron chi connectivity index (χ4n) is 5.53. The van der Waals surface area contributed by atoms with E-state index in [0.717, 1.165) is 28.7 Å². The summed E-state index contributed by atoms with van der Waals surface area (Å²) < 4.78 is 30.1. The van der Waals surface area contributed by atoms with Crippen LogP contribution in [0.1, 0.15) is 21.9 Å². The van der Waals surface area contributed by atoms with Crippen LogP contribution in [-0.4, -0.2) is 43.1 Å². The molecule has 2 aliphatic heterocycles. The van der Waals surface area contributed by atoms with Crippen LogP contribution in [0.25, 0.3) is 0 Å². The first kappa shape index (κ1) is 29.8. The SMILES string of the molecule is COc1ccccc1[C@H]1c2sc(=O)n(CC(=O)Nc3ccc(S(N)(=O)=O)cc3)c2SC2C(=O)N(c3ccc(C)cc3)C(=O)C21. The van der Waals surface area contributed by atoms with E-state index < -0.39 is 43.8 Å². The van der Waals surface area contributed by atoms with Crippen LogP contribution in [0, 0.1) is 12.8 Å². The summed E-state index contributed by atoms with van der Waals surface area (Å²) >= 11 is 2.04. The number of thioether (sulfide) groups is 1. The number of fused-ring (bicyclic) bond motifs is 2. The summed E-state index contributed by atoms with van der Waals surface area (Å²) in [5.74, 6) is -2.28. The minimum atomic E-state index is -3.90. The lowest BCUT2D eigenvalue weighted by Gasteiger charge is -2.31. The van der Waals surface area contributed by atoms with Gasteiger partial charge in [-0.05, 0) is 49.4 Å². The van der Waals surface area contributed by atoms with E-state index in [2.05, 4.69) is 5.32 Å². The molecule has 1 aromatic heterocycles. The monoisotopic (exact) mass is 650 g/mol. The highest BCUT2D eigenvalue weighted by molar-refractivity contribution is 8.00. The highest BCUT2D eigenvalue weighted by Gasteiger charge is 2.57. The summed E-state index contributed by atoms with van der Waals surface area (Å²) in [6.07, 6.45) is 0. The number of ether oxygens (including phenoxy) is 1. The van der Waals surface area contributed by atoms with Crippen molar-refractivity contribution in [2.45, 2.75) is 34.6 Å². The Balaban J connectivity index is 1.39. The summed E-state index contributed by atoms with van der Waals surface area (Å²) in [7, 11) is -2.38. The number of hydrogen-bond donors (Lipinski definition) is 2. The third-order valence-corrected chi connectivity index (χ3v) is 11.1. The van der Waals surface area contributed by atoms with Crippen molar-refractivity contribution in [1.29, 1.82) is 0 Å². The van der Waals surface area contributed by atoms with Crippen molar-refractivity contribution in [2.75, 3.05) is 17.3 Å². The molecule has 2 aliphatic rings. The molecule has 1 fully saturated rings. The second-order valence-electron chi connectivity index (χ2n) is 10.4. The Hall–Kier alpha value is -4.24. The van der Waals surface area contributed by atoms with Crippen LogP contribution >= 0.6 is 23.1 Å². The van der Waals surface area contributed by atoms with Crippen LogP contribution in [0.3, 0.4) is 0 Å². The number of carbonyl (C=O) groups excluding carboxylic acids is 3. The van der Waals surface area contributed by atoms with Gasteiger partial charge in [0.2, 0.25) is 27.7 Å². The normalized spacial score (nSPS) is 19.4. The number of amides is 3. The van der Waals surface area contributed by atoms with E-state index in [9.17, 15) is 27.6 Å².